The summed E-state index contributed by atoms with van der Waals surface area (Å²) in [5.74, 6) is -0.370. The van der Waals surface area contributed by atoms with Crippen molar-refractivity contribution in [2.75, 3.05) is 0 Å². The second-order valence-electron chi connectivity index (χ2n) is 3.15. The number of hydrogen-bond acceptors (Lipinski definition) is 2. The van der Waals surface area contributed by atoms with Crippen molar-refractivity contribution in [2.24, 2.45) is 0 Å². The minimum absolute atomic E-state index is 0.370. The monoisotopic (exact) mass is 184 g/mol. The third kappa shape index (κ3) is 0.836. The average Bonchev–Trinajstić information content (AvgIpc) is 2.61. The Morgan fingerprint density at radius 3 is 2.86 bits per heavy atom. The van der Waals surface area contributed by atoms with Crippen LogP contribution in [0, 0.1) is 0 Å². The minimum Gasteiger partial charge on any atom is -0.312 e. The van der Waals surface area contributed by atoms with Crippen LogP contribution in [-0.2, 0) is 4.84 Å². The summed E-state index contributed by atoms with van der Waals surface area (Å²) in [4.78, 5) is 15.8. The molecular formula is C11H6NO2. The number of carbonyl (C=O) groups excluding carboxylic acids is 1. The van der Waals surface area contributed by atoms with Gasteiger partial charge >= 0.3 is 5.97 Å². The summed E-state index contributed by atoms with van der Waals surface area (Å²) < 4.78 is 0. The fourth-order valence-electron chi connectivity index (χ4n) is 1.65. The Morgan fingerprint density at radius 2 is 1.93 bits per heavy atom. The molecule has 0 aliphatic carbocycles. The molecule has 0 unspecified atom stereocenters. The molecule has 14 heavy (non-hydrogen) atoms. The fourth-order valence-corrected chi connectivity index (χ4v) is 1.65. The van der Waals surface area contributed by atoms with Gasteiger partial charge in [0, 0.05) is 5.39 Å². The first-order valence-corrected chi connectivity index (χ1v) is 4.30. The van der Waals surface area contributed by atoms with E-state index < -0.39 is 0 Å². The highest BCUT2D eigenvalue weighted by atomic mass is 16.7. The lowest BCUT2D eigenvalue weighted by atomic mass is 10.1. The first kappa shape index (κ1) is 7.38. The van der Waals surface area contributed by atoms with Gasteiger partial charge < -0.3 is 4.84 Å². The smallest absolute Gasteiger partial charge is 0.312 e. The van der Waals surface area contributed by atoms with Crippen LogP contribution in [0.3, 0.4) is 0 Å². The fraction of sp³-hybridized carbons (Fsp3) is 0. The van der Waals surface area contributed by atoms with Gasteiger partial charge in [0.1, 0.15) is 5.69 Å². The molecule has 3 rings (SSSR count). The van der Waals surface area contributed by atoms with E-state index in [4.69, 9.17) is 0 Å². The van der Waals surface area contributed by atoms with Crippen LogP contribution in [0.5, 0.6) is 0 Å². The summed E-state index contributed by atoms with van der Waals surface area (Å²) in [6.07, 6.45) is 0. The summed E-state index contributed by atoms with van der Waals surface area (Å²) in [6.45, 7) is 0. The third-order valence-electron chi connectivity index (χ3n) is 2.34. The molecule has 0 atom stereocenters. The van der Waals surface area contributed by atoms with Crippen LogP contribution in [0.1, 0.15) is 10.4 Å². The molecule has 1 radical (unpaired) electrons. The zero-order chi connectivity index (χ0) is 9.54. The van der Waals surface area contributed by atoms with Crippen LogP contribution >= 0.6 is 0 Å². The van der Waals surface area contributed by atoms with E-state index >= 15 is 0 Å². The van der Waals surface area contributed by atoms with E-state index in [9.17, 15) is 4.79 Å². The SMILES string of the molecule is O=C1O[N]c2c1ccc1ccccc21. The summed E-state index contributed by atoms with van der Waals surface area (Å²) in [5, 5.41) is 2.02. The molecule has 3 heteroatoms. The van der Waals surface area contributed by atoms with Crippen LogP contribution < -0.4 is 5.48 Å². The summed E-state index contributed by atoms with van der Waals surface area (Å²) in [6, 6.07) is 11.4. The number of benzene rings is 2. The maximum absolute atomic E-state index is 11.2. The zero-order valence-corrected chi connectivity index (χ0v) is 7.23. The molecule has 1 aliphatic rings. The van der Waals surface area contributed by atoms with Crippen molar-refractivity contribution in [1.29, 1.82) is 0 Å². The van der Waals surface area contributed by atoms with Gasteiger partial charge in [0.25, 0.3) is 0 Å². The van der Waals surface area contributed by atoms with Gasteiger partial charge in [-0.2, -0.15) is 0 Å². The summed E-state index contributed by atoms with van der Waals surface area (Å²) in [7, 11) is 0. The molecule has 0 spiro atoms. The average molecular weight is 184 g/mol. The Kier molecular flexibility index (Phi) is 1.31. The predicted octanol–water partition coefficient (Wildman–Crippen LogP) is 2.16. The molecule has 0 fully saturated rings. The molecule has 1 aliphatic heterocycles. The molecule has 0 saturated carbocycles. The van der Waals surface area contributed by atoms with Gasteiger partial charge in [-0.3, -0.25) is 0 Å². The van der Waals surface area contributed by atoms with Crippen LogP contribution in [0.25, 0.3) is 10.8 Å². The van der Waals surface area contributed by atoms with Gasteiger partial charge in [0.15, 0.2) is 0 Å². The Hall–Kier alpha value is -2.03. The maximum atomic E-state index is 11.2. The van der Waals surface area contributed by atoms with Crippen LogP contribution in [0.4, 0.5) is 5.69 Å². The predicted molar refractivity (Wildman–Crippen MR) is 51.2 cm³/mol. The van der Waals surface area contributed by atoms with Crippen LogP contribution in [0.2, 0.25) is 0 Å². The number of hydrogen-bond donors (Lipinski definition) is 0. The van der Waals surface area contributed by atoms with Crippen molar-refractivity contribution >= 4 is 22.4 Å². The van der Waals surface area contributed by atoms with E-state index in [-0.39, 0.29) is 5.97 Å². The molecule has 0 bridgehead atoms. The molecule has 0 amide bonds. The molecule has 3 nitrogen and oxygen atoms in total. The maximum Gasteiger partial charge on any atom is 0.368 e. The lowest BCUT2D eigenvalue weighted by Crippen LogP contribution is -1.95. The van der Waals surface area contributed by atoms with Crippen LogP contribution in [-0.4, -0.2) is 5.97 Å². The molecule has 0 aromatic heterocycles. The second kappa shape index (κ2) is 2.48. The minimum atomic E-state index is -0.370. The van der Waals surface area contributed by atoms with Gasteiger partial charge in [-0.1, -0.05) is 35.8 Å². The topological polar surface area (TPSA) is 40.4 Å². The van der Waals surface area contributed by atoms with E-state index in [1.165, 1.54) is 0 Å². The van der Waals surface area contributed by atoms with E-state index in [0.29, 0.717) is 11.3 Å². The van der Waals surface area contributed by atoms with Gasteiger partial charge in [-0.15, -0.1) is 0 Å². The lowest BCUT2D eigenvalue weighted by Gasteiger charge is -1.99. The molecule has 0 saturated heterocycles. The highest BCUT2D eigenvalue weighted by Crippen LogP contribution is 2.31. The molecule has 1 heterocycles. The first-order valence-electron chi connectivity index (χ1n) is 4.30. The highest BCUT2D eigenvalue weighted by molar-refractivity contribution is 6.07. The Balaban J connectivity index is 2.44. The third-order valence-corrected chi connectivity index (χ3v) is 2.34. The standard InChI is InChI=1S/C11H6NO2/c13-11-9-6-5-7-3-1-2-4-8(7)10(9)12-14-11/h1-6H. The number of nitrogens with zero attached hydrogens (tertiary/aromatic N) is 1. The van der Waals surface area contributed by atoms with Crippen molar-refractivity contribution in [3.8, 4) is 0 Å². The number of fused-ring (bicyclic) bond motifs is 3. The summed E-state index contributed by atoms with van der Waals surface area (Å²) >= 11 is 0. The number of carbonyl (C=O) groups is 1. The molecule has 2 aromatic carbocycles. The molecular weight excluding hydrogens is 178 g/mol. The van der Waals surface area contributed by atoms with Crippen molar-refractivity contribution in [2.45, 2.75) is 0 Å². The van der Waals surface area contributed by atoms with Crippen LogP contribution in [0.15, 0.2) is 36.4 Å². The second-order valence-corrected chi connectivity index (χ2v) is 3.15. The Morgan fingerprint density at radius 1 is 1.07 bits per heavy atom. The van der Waals surface area contributed by atoms with Crippen molar-refractivity contribution in [1.82, 2.24) is 5.48 Å². The van der Waals surface area contributed by atoms with Gasteiger partial charge in [-0.25, -0.2) is 4.79 Å². The largest absolute Gasteiger partial charge is 0.368 e. The zero-order valence-electron chi connectivity index (χ0n) is 7.23. The summed E-state index contributed by atoms with van der Waals surface area (Å²) in [5.41, 5.74) is 4.95. The normalized spacial score (nSPS) is 13.6. The van der Waals surface area contributed by atoms with E-state index in [2.05, 4.69) is 10.3 Å². The molecule has 67 valence electrons. The molecule has 0 N–H and O–H groups in total. The Labute approximate surface area is 80.3 Å². The van der Waals surface area contributed by atoms with Crippen molar-refractivity contribution in [3.63, 3.8) is 0 Å². The van der Waals surface area contributed by atoms with Gasteiger partial charge in [-0.05, 0) is 11.5 Å². The highest BCUT2D eigenvalue weighted by Gasteiger charge is 2.24. The van der Waals surface area contributed by atoms with E-state index in [1.54, 1.807) is 6.07 Å². The van der Waals surface area contributed by atoms with Gasteiger partial charge in [0.2, 0.25) is 0 Å². The van der Waals surface area contributed by atoms with E-state index in [0.717, 1.165) is 10.8 Å². The Bertz CT molecular complexity index is 534. The lowest BCUT2D eigenvalue weighted by molar-refractivity contribution is 0.0414. The quantitative estimate of drug-likeness (QED) is 0.629. The first-order chi connectivity index (χ1) is 6.86. The van der Waals surface area contributed by atoms with E-state index in [1.807, 2.05) is 30.3 Å². The number of rotatable bonds is 0. The van der Waals surface area contributed by atoms with Crippen molar-refractivity contribution < 1.29 is 9.63 Å². The van der Waals surface area contributed by atoms with Gasteiger partial charge in [0.05, 0.1) is 5.56 Å². The van der Waals surface area contributed by atoms with Crippen molar-refractivity contribution in [3.05, 3.63) is 42.0 Å². The molecule has 2 aromatic rings.